The Labute approximate surface area is 99.5 Å². The van der Waals surface area contributed by atoms with Crippen LogP contribution in [0.15, 0.2) is 0 Å². The van der Waals surface area contributed by atoms with Crippen LogP contribution >= 0.6 is 12.6 Å². The lowest BCUT2D eigenvalue weighted by Crippen LogP contribution is -2.42. The van der Waals surface area contributed by atoms with Crippen molar-refractivity contribution in [1.82, 2.24) is 10.9 Å². The predicted octanol–water partition coefficient (Wildman–Crippen LogP) is -1.11. The van der Waals surface area contributed by atoms with Crippen molar-refractivity contribution in [3.05, 3.63) is 0 Å². The molecular weight excluding hydrogens is 252 g/mol. The minimum Gasteiger partial charge on any atom is -0.273 e. The van der Waals surface area contributed by atoms with Crippen LogP contribution in [0.2, 0.25) is 0 Å². The van der Waals surface area contributed by atoms with E-state index < -0.39 is 15.7 Å². The highest BCUT2D eigenvalue weighted by Crippen LogP contribution is 2.21. The third-order valence-corrected chi connectivity index (χ3v) is 4.41. The first-order chi connectivity index (χ1) is 7.43. The third kappa shape index (κ3) is 4.40. The Morgan fingerprint density at radius 2 is 1.88 bits per heavy atom. The molecule has 6 nitrogen and oxygen atoms in total. The molecular formula is C8H14N2O4S2. The van der Waals surface area contributed by atoms with Crippen LogP contribution in [0.3, 0.4) is 0 Å². The standard InChI is InChI=1S/C8H14N2O4S2/c11-7(9-10-8(12)4-15)3-6-1-2-16(13,14)5-6/h6,15H,1-5H2,(H,9,11)(H,10,12)/t6-/m0/s1. The fourth-order valence-electron chi connectivity index (χ4n) is 1.53. The molecule has 0 radical (unpaired) electrons. The van der Waals surface area contributed by atoms with Crippen molar-refractivity contribution in [1.29, 1.82) is 0 Å². The van der Waals surface area contributed by atoms with Crippen LogP contribution in [0.1, 0.15) is 12.8 Å². The third-order valence-electron chi connectivity index (χ3n) is 2.29. The molecule has 1 rings (SSSR count). The van der Waals surface area contributed by atoms with Gasteiger partial charge in [-0.05, 0) is 12.3 Å². The first kappa shape index (κ1) is 13.3. The van der Waals surface area contributed by atoms with E-state index in [0.717, 1.165) is 0 Å². The maximum absolute atomic E-state index is 11.3. The van der Waals surface area contributed by atoms with Gasteiger partial charge < -0.3 is 0 Å². The van der Waals surface area contributed by atoms with Gasteiger partial charge in [-0.25, -0.2) is 8.42 Å². The largest absolute Gasteiger partial charge is 0.273 e. The van der Waals surface area contributed by atoms with Crippen molar-refractivity contribution in [2.24, 2.45) is 5.92 Å². The predicted molar refractivity (Wildman–Crippen MR) is 61.5 cm³/mol. The van der Waals surface area contributed by atoms with Crippen LogP contribution in [0.4, 0.5) is 0 Å². The lowest BCUT2D eigenvalue weighted by atomic mass is 10.1. The molecule has 1 fully saturated rings. The Morgan fingerprint density at radius 1 is 1.25 bits per heavy atom. The van der Waals surface area contributed by atoms with Gasteiger partial charge in [0.2, 0.25) is 11.8 Å². The molecule has 0 unspecified atom stereocenters. The lowest BCUT2D eigenvalue weighted by molar-refractivity contribution is -0.128. The van der Waals surface area contributed by atoms with Gasteiger partial charge in [0, 0.05) is 6.42 Å². The van der Waals surface area contributed by atoms with Gasteiger partial charge in [-0.1, -0.05) is 0 Å². The van der Waals surface area contributed by atoms with E-state index >= 15 is 0 Å². The fraction of sp³-hybridized carbons (Fsp3) is 0.750. The van der Waals surface area contributed by atoms with E-state index in [2.05, 4.69) is 23.5 Å². The van der Waals surface area contributed by atoms with Crippen LogP contribution in [-0.2, 0) is 19.4 Å². The van der Waals surface area contributed by atoms with E-state index in [4.69, 9.17) is 0 Å². The molecule has 8 heteroatoms. The van der Waals surface area contributed by atoms with E-state index in [9.17, 15) is 18.0 Å². The highest BCUT2D eigenvalue weighted by atomic mass is 32.2. The minimum absolute atomic E-state index is 0.0158. The molecule has 92 valence electrons. The molecule has 0 aromatic carbocycles. The monoisotopic (exact) mass is 266 g/mol. The van der Waals surface area contributed by atoms with Crippen molar-refractivity contribution in [2.45, 2.75) is 12.8 Å². The van der Waals surface area contributed by atoms with Crippen LogP contribution in [0.5, 0.6) is 0 Å². The lowest BCUT2D eigenvalue weighted by Gasteiger charge is -2.08. The van der Waals surface area contributed by atoms with E-state index in [1.54, 1.807) is 0 Å². The maximum Gasteiger partial charge on any atom is 0.248 e. The fourth-order valence-corrected chi connectivity index (χ4v) is 3.47. The van der Waals surface area contributed by atoms with Gasteiger partial charge in [-0.15, -0.1) is 0 Å². The summed E-state index contributed by atoms with van der Waals surface area (Å²) in [6.45, 7) is 0. The van der Waals surface area contributed by atoms with Crippen LogP contribution in [0, 0.1) is 5.92 Å². The number of carbonyl (C=O) groups is 2. The molecule has 1 heterocycles. The number of hydrazine groups is 1. The molecule has 0 spiro atoms. The molecule has 2 N–H and O–H groups in total. The van der Waals surface area contributed by atoms with Crippen molar-refractivity contribution in [3.8, 4) is 0 Å². The summed E-state index contributed by atoms with van der Waals surface area (Å²) in [5, 5.41) is 0. The number of hydrogen-bond donors (Lipinski definition) is 3. The van der Waals surface area contributed by atoms with Gasteiger partial charge in [-0.3, -0.25) is 20.4 Å². The summed E-state index contributed by atoms with van der Waals surface area (Å²) in [7, 11) is -2.96. The normalized spacial score (nSPS) is 22.7. The average Bonchev–Trinajstić information content (AvgIpc) is 2.54. The zero-order chi connectivity index (χ0) is 12.2. The topological polar surface area (TPSA) is 92.3 Å². The first-order valence-electron chi connectivity index (χ1n) is 4.82. The van der Waals surface area contributed by atoms with Crippen LogP contribution < -0.4 is 10.9 Å². The summed E-state index contributed by atoms with van der Waals surface area (Å²) < 4.78 is 22.2. The number of hydrogen-bond acceptors (Lipinski definition) is 5. The smallest absolute Gasteiger partial charge is 0.248 e. The Morgan fingerprint density at radius 3 is 2.38 bits per heavy atom. The number of carbonyl (C=O) groups excluding carboxylic acids is 2. The molecule has 0 aliphatic carbocycles. The molecule has 0 aromatic rings. The van der Waals surface area contributed by atoms with Gasteiger partial charge in [0.1, 0.15) is 0 Å². The van der Waals surface area contributed by atoms with Gasteiger partial charge in [0.25, 0.3) is 0 Å². The second kappa shape index (κ2) is 5.53. The van der Waals surface area contributed by atoms with Gasteiger partial charge in [0.05, 0.1) is 17.3 Å². The number of amides is 2. The first-order valence-corrected chi connectivity index (χ1v) is 7.27. The molecule has 2 amide bonds. The van der Waals surface area contributed by atoms with Crippen LogP contribution in [0.25, 0.3) is 0 Å². The maximum atomic E-state index is 11.3. The second-order valence-electron chi connectivity index (χ2n) is 3.73. The van der Waals surface area contributed by atoms with Crippen molar-refractivity contribution >= 4 is 34.3 Å². The Hall–Kier alpha value is -0.760. The van der Waals surface area contributed by atoms with E-state index in [-0.39, 0.29) is 35.5 Å². The Bertz CT molecular complexity index is 379. The zero-order valence-corrected chi connectivity index (χ0v) is 10.3. The summed E-state index contributed by atoms with van der Waals surface area (Å²) in [5.41, 5.74) is 4.37. The molecule has 16 heavy (non-hydrogen) atoms. The summed E-state index contributed by atoms with van der Waals surface area (Å²) in [5.74, 6) is -0.738. The number of rotatable bonds is 3. The average molecular weight is 266 g/mol. The molecule has 1 saturated heterocycles. The molecule has 0 aromatic heterocycles. The van der Waals surface area contributed by atoms with Gasteiger partial charge in [-0.2, -0.15) is 12.6 Å². The highest BCUT2D eigenvalue weighted by molar-refractivity contribution is 7.91. The van der Waals surface area contributed by atoms with E-state index in [1.807, 2.05) is 0 Å². The van der Waals surface area contributed by atoms with Crippen molar-refractivity contribution in [3.63, 3.8) is 0 Å². The zero-order valence-electron chi connectivity index (χ0n) is 8.60. The molecule has 1 aliphatic rings. The van der Waals surface area contributed by atoms with Gasteiger partial charge in [0.15, 0.2) is 9.84 Å². The summed E-state index contributed by atoms with van der Waals surface area (Å²) in [4.78, 5) is 22.0. The summed E-state index contributed by atoms with van der Waals surface area (Å²) in [6.07, 6.45) is 0.627. The number of nitrogens with one attached hydrogen (secondary N) is 2. The van der Waals surface area contributed by atoms with Crippen LogP contribution in [-0.4, -0.2) is 37.5 Å². The second-order valence-corrected chi connectivity index (χ2v) is 6.27. The Balaban J connectivity index is 2.28. The molecule has 1 aliphatic heterocycles. The van der Waals surface area contributed by atoms with Gasteiger partial charge >= 0.3 is 0 Å². The SMILES string of the molecule is O=C(CS)NNC(=O)C[C@@H]1CCS(=O)(=O)C1. The molecule has 0 saturated carbocycles. The van der Waals surface area contributed by atoms with Crippen molar-refractivity contribution < 1.29 is 18.0 Å². The minimum atomic E-state index is -2.96. The Kier molecular flexibility index (Phi) is 4.60. The van der Waals surface area contributed by atoms with Crippen molar-refractivity contribution in [2.75, 3.05) is 17.3 Å². The molecule has 1 atom stereocenters. The number of sulfone groups is 1. The molecule has 0 bridgehead atoms. The van der Waals surface area contributed by atoms with E-state index in [1.165, 1.54) is 0 Å². The number of thiol groups is 1. The summed E-state index contributed by atoms with van der Waals surface area (Å²) >= 11 is 3.71. The van der Waals surface area contributed by atoms with E-state index in [0.29, 0.717) is 6.42 Å². The highest BCUT2D eigenvalue weighted by Gasteiger charge is 2.29. The quantitative estimate of drug-likeness (QED) is 0.446. The summed E-state index contributed by atoms with van der Waals surface area (Å²) in [6, 6.07) is 0.